The molecule has 1 aliphatic rings. The second kappa shape index (κ2) is 8.11. The van der Waals surface area contributed by atoms with Crippen LogP contribution in [0.5, 0.6) is 0 Å². The smallest absolute Gasteiger partial charge is 0.328 e. The highest BCUT2D eigenvalue weighted by atomic mass is 16.4. The fourth-order valence-electron chi connectivity index (χ4n) is 3.04. The van der Waals surface area contributed by atoms with Crippen molar-refractivity contribution in [2.45, 2.75) is 53.6 Å². The zero-order valence-corrected chi connectivity index (χ0v) is 14.8. The summed E-state index contributed by atoms with van der Waals surface area (Å²) < 4.78 is 0. The van der Waals surface area contributed by atoms with Crippen molar-refractivity contribution >= 4 is 5.97 Å². The molecule has 0 amide bonds. The normalized spacial score (nSPS) is 23.1. The number of aliphatic hydroxyl groups is 1. The molecular weight excluding hydrogens is 288 g/mol. The Bertz CT molecular complexity index is 598. The largest absolute Gasteiger partial charge is 0.478 e. The molecule has 0 radical (unpaired) electrons. The summed E-state index contributed by atoms with van der Waals surface area (Å²) in [5.41, 5.74) is 4.31. The molecule has 0 unspecified atom stereocenters. The number of hydrogen-bond acceptors (Lipinski definition) is 2. The highest BCUT2D eigenvalue weighted by molar-refractivity contribution is 5.81. The van der Waals surface area contributed by atoms with E-state index in [4.69, 9.17) is 5.11 Å². The number of hydrogen-bond donors (Lipinski definition) is 2. The summed E-state index contributed by atoms with van der Waals surface area (Å²) in [5.74, 6) is -0.933. The van der Waals surface area contributed by atoms with Crippen LogP contribution in [-0.2, 0) is 4.79 Å². The molecule has 0 aromatic rings. The van der Waals surface area contributed by atoms with Crippen molar-refractivity contribution in [2.24, 2.45) is 5.41 Å². The van der Waals surface area contributed by atoms with Crippen LogP contribution in [0.1, 0.15) is 47.5 Å². The van der Waals surface area contributed by atoms with E-state index in [-0.39, 0.29) is 11.5 Å². The van der Waals surface area contributed by atoms with E-state index >= 15 is 0 Å². The monoisotopic (exact) mass is 316 g/mol. The van der Waals surface area contributed by atoms with Gasteiger partial charge in [0, 0.05) is 6.08 Å². The minimum absolute atomic E-state index is 0.0187. The van der Waals surface area contributed by atoms with E-state index in [0.717, 1.165) is 18.4 Å². The molecule has 1 rings (SSSR count). The molecule has 0 aromatic carbocycles. The molecule has 0 bridgehead atoms. The van der Waals surface area contributed by atoms with Gasteiger partial charge in [0.1, 0.15) is 0 Å². The average molecular weight is 316 g/mol. The van der Waals surface area contributed by atoms with Crippen molar-refractivity contribution in [3.63, 3.8) is 0 Å². The number of allylic oxidation sites excluding steroid dienone is 8. The lowest BCUT2D eigenvalue weighted by atomic mass is 9.71. The molecule has 0 aliphatic heterocycles. The molecule has 0 saturated carbocycles. The predicted octanol–water partition coefficient (Wildman–Crippen LogP) is 4.57. The van der Waals surface area contributed by atoms with E-state index in [1.807, 2.05) is 19.1 Å². The maximum absolute atomic E-state index is 10.5. The lowest BCUT2D eigenvalue weighted by molar-refractivity contribution is -0.131. The van der Waals surface area contributed by atoms with Gasteiger partial charge in [-0.15, -0.1) is 0 Å². The van der Waals surface area contributed by atoms with E-state index in [9.17, 15) is 9.90 Å². The van der Waals surface area contributed by atoms with Gasteiger partial charge < -0.3 is 10.2 Å². The Labute approximate surface area is 139 Å². The molecule has 1 aliphatic carbocycles. The van der Waals surface area contributed by atoms with Gasteiger partial charge in [0.15, 0.2) is 0 Å². The van der Waals surface area contributed by atoms with Gasteiger partial charge in [0.2, 0.25) is 0 Å². The molecule has 23 heavy (non-hydrogen) atoms. The van der Waals surface area contributed by atoms with Gasteiger partial charge in [-0.1, -0.05) is 55.4 Å². The molecule has 0 saturated heterocycles. The third-order valence-electron chi connectivity index (χ3n) is 4.06. The maximum Gasteiger partial charge on any atom is 0.328 e. The summed E-state index contributed by atoms with van der Waals surface area (Å²) in [5, 5.41) is 18.6. The molecule has 1 atom stereocenters. The van der Waals surface area contributed by atoms with Crippen molar-refractivity contribution in [2.75, 3.05) is 0 Å². The van der Waals surface area contributed by atoms with Gasteiger partial charge in [-0.05, 0) is 50.2 Å². The van der Waals surface area contributed by atoms with Crippen molar-refractivity contribution in [3.8, 4) is 0 Å². The number of carboxylic acids is 1. The van der Waals surface area contributed by atoms with Gasteiger partial charge in [-0.25, -0.2) is 4.79 Å². The highest BCUT2D eigenvalue weighted by Crippen LogP contribution is 2.40. The Morgan fingerprint density at radius 1 is 1.22 bits per heavy atom. The Morgan fingerprint density at radius 3 is 2.43 bits per heavy atom. The third kappa shape index (κ3) is 6.41. The Kier molecular flexibility index (Phi) is 6.77. The molecule has 126 valence electrons. The van der Waals surface area contributed by atoms with E-state index in [1.54, 1.807) is 13.0 Å². The number of carbonyl (C=O) groups is 1. The van der Waals surface area contributed by atoms with Crippen LogP contribution in [0, 0.1) is 5.41 Å². The van der Waals surface area contributed by atoms with Crippen LogP contribution in [0.4, 0.5) is 0 Å². The van der Waals surface area contributed by atoms with E-state index in [2.05, 4.69) is 32.9 Å². The number of carboxylic acid groups (broad SMARTS) is 1. The minimum Gasteiger partial charge on any atom is -0.478 e. The molecule has 0 heterocycles. The van der Waals surface area contributed by atoms with Crippen LogP contribution in [0.2, 0.25) is 0 Å². The maximum atomic E-state index is 10.5. The lowest BCUT2D eigenvalue weighted by Crippen LogP contribution is -2.28. The highest BCUT2D eigenvalue weighted by Gasteiger charge is 2.31. The third-order valence-corrected chi connectivity index (χ3v) is 4.06. The van der Waals surface area contributed by atoms with Gasteiger partial charge in [0.05, 0.1) is 6.10 Å². The number of rotatable bonds is 5. The van der Waals surface area contributed by atoms with Crippen molar-refractivity contribution in [3.05, 3.63) is 58.7 Å². The van der Waals surface area contributed by atoms with E-state index in [1.165, 1.54) is 17.2 Å². The molecular formula is C20H28O3. The van der Waals surface area contributed by atoms with Gasteiger partial charge >= 0.3 is 5.97 Å². The minimum atomic E-state index is -0.933. The standard InChI is InChI=1S/C20H28O3/c1-14(7-6-8-15(2)11-19(22)23)9-10-18-16(3)12-17(21)13-20(18,4)5/h6-11,17,21H,12-13H2,1-5H3,(H,22,23)/t17-/m1/s1. The van der Waals surface area contributed by atoms with Crippen molar-refractivity contribution in [1.29, 1.82) is 0 Å². The van der Waals surface area contributed by atoms with Crippen LogP contribution in [-0.4, -0.2) is 22.3 Å². The molecule has 0 spiro atoms. The van der Waals surface area contributed by atoms with E-state index < -0.39 is 5.97 Å². The van der Waals surface area contributed by atoms with Crippen LogP contribution < -0.4 is 0 Å². The van der Waals surface area contributed by atoms with Crippen LogP contribution in [0.3, 0.4) is 0 Å². The molecule has 0 aromatic heterocycles. The van der Waals surface area contributed by atoms with Crippen molar-refractivity contribution in [1.82, 2.24) is 0 Å². The quantitative estimate of drug-likeness (QED) is 0.577. The zero-order valence-electron chi connectivity index (χ0n) is 14.8. The second-order valence-corrected chi connectivity index (χ2v) is 6.97. The first-order chi connectivity index (χ1) is 10.6. The van der Waals surface area contributed by atoms with Gasteiger partial charge in [-0.3, -0.25) is 0 Å². The summed E-state index contributed by atoms with van der Waals surface area (Å²) in [7, 11) is 0. The molecule has 0 fully saturated rings. The first-order valence-corrected chi connectivity index (χ1v) is 7.94. The zero-order chi connectivity index (χ0) is 17.6. The summed E-state index contributed by atoms with van der Waals surface area (Å²) in [6.07, 6.45) is 12.2. The SMILES string of the molecule is CC(C=CC1=C(C)C[C@@H](O)CC1(C)C)=CC=CC(C)=CC(=O)O. The first-order valence-electron chi connectivity index (χ1n) is 7.94. The predicted molar refractivity (Wildman–Crippen MR) is 95.2 cm³/mol. The lowest BCUT2D eigenvalue weighted by Gasteiger charge is -2.35. The molecule has 3 nitrogen and oxygen atoms in total. The Hall–Kier alpha value is -1.87. The summed E-state index contributed by atoms with van der Waals surface area (Å²) in [6, 6.07) is 0. The topological polar surface area (TPSA) is 57.5 Å². The van der Waals surface area contributed by atoms with E-state index in [0.29, 0.717) is 5.57 Å². The van der Waals surface area contributed by atoms with Crippen molar-refractivity contribution < 1.29 is 15.0 Å². The fraction of sp³-hybridized carbons (Fsp3) is 0.450. The van der Waals surface area contributed by atoms with Gasteiger partial charge in [0.25, 0.3) is 0 Å². The summed E-state index contributed by atoms with van der Waals surface area (Å²) in [6.45, 7) is 10.2. The van der Waals surface area contributed by atoms with Crippen LogP contribution in [0.15, 0.2) is 58.7 Å². The molecule has 2 N–H and O–H groups in total. The number of aliphatic hydroxyl groups excluding tert-OH is 1. The average Bonchev–Trinajstić information content (AvgIpc) is 2.35. The van der Waals surface area contributed by atoms with Crippen LogP contribution in [0.25, 0.3) is 0 Å². The summed E-state index contributed by atoms with van der Waals surface area (Å²) in [4.78, 5) is 10.5. The fourth-order valence-corrected chi connectivity index (χ4v) is 3.04. The summed E-state index contributed by atoms with van der Waals surface area (Å²) >= 11 is 0. The first kappa shape index (κ1) is 19.2. The Morgan fingerprint density at radius 2 is 1.87 bits per heavy atom. The molecule has 3 heteroatoms. The second-order valence-electron chi connectivity index (χ2n) is 6.97. The number of aliphatic carboxylic acids is 1. The van der Waals surface area contributed by atoms with Gasteiger partial charge in [-0.2, -0.15) is 0 Å². The van der Waals surface area contributed by atoms with Crippen LogP contribution >= 0.6 is 0 Å². The Balaban J connectivity index is 2.84.